The molecule has 0 fully saturated rings. The maximum absolute atomic E-state index is 8.83. The summed E-state index contributed by atoms with van der Waals surface area (Å²) >= 11 is 1.60. The van der Waals surface area contributed by atoms with E-state index in [1.54, 1.807) is 11.3 Å². The van der Waals surface area contributed by atoms with Crippen LogP contribution in [0.5, 0.6) is 0 Å². The normalized spacial score (nSPS) is 18.1. The van der Waals surface area contributed by atoms with E-state index < -0.39 is 0 Å². The van der Waals surface area contributed by atoms with Crippen LogP contribution in [0.3, 0.4) is 0 Å². The fourth-order valence-electron chi connectivity index (χ4n) is 2.55. The minimum absolute atomic E-state index is 0.399. The van der Waals surface area contributed by atoms with Crippen molar-refractivity contribution in [1.29, 1.82) is 5.26 Å². The van der Waals surface area contributed by atoms with Crippen LogP contribution in [0, 0.1) is 11.3 Å². The molecule has 0 spiro atoms. The van der Waals surface area contributed by atoms with E-state index in [4.69, 9.17) is 11.0 Å². The molecule has 1 unspecified atom stereocenters. The first-order chi connectivity index (χ1) is 8.78. The largest absolute Gasteiger partial charge is 0.375 e. The fraction of sp³-hybridized carbons (Fsp3) is 0.286. The Hall–Kier alpha value is -1.86. The number of nitrogen functional groups attached to an aromatic ring is 1. The Balaban J connectivity index is 2.00. The minimum Gasteiger partial charge on any atom is -0.375 e. The Labute approximate surface area is 110 Å². The smallest absolute Gasteiger partial charge is 0.180 e. The monoisotopic (exact) mass is 255 g/mol. The van der Waals surface area contributed by atoms with Gasteiger partial charge in [0.05, 0.1) is 17.3 Å². The zero-order valence-electron chi connectivity index (χ0n) is 9.89. The van der Waals surface area contributed by atoms with E-state index in [-0.39, 0.29) is 0 Å². The van der Waals surface area contributed by atoms with E-state index in [0.717, 1.165) is 25.0 Å². The highest BCUT2D eigenvalue weighted by atomic mass is 32.1. The highest BCUT2D eigenvalue weighted by Gasteiger charge is 2.25. The van der Waals surface area contributed by atoms with Crippen LogP contribution in [-0.4, -0.2) is 4.98 Å². The average Bonchev–Trinajstić information content (AvgIpc) is 2.79. The maximum atomic E-state index is 8.83. The number of aryl methyl sites for hydroxylation is 1. The summed E-state index contributed by atoms with van der Waals surface area (Å²) in [4.78, 5) is 5.71. The molecule has 0 bridgehead atoms. The van der Waals surface area contributed by atoms with Gasteiger partial charge in [0, 0.05) is 10.8 Å². The SMILES string of the molecule is N#Cc1ccc(C2CCCc3nc(N)sc32)cc1. The number of thiazole rings is 1. The third kappa shape index (κ3) is 1.87. The van der Waals surface area contributed by atoms with Gasteiger partial charge in [0.2, 0.25) is 0 Å². The summed E-state index contributed by atoms with van der Waals surface area (Å²) < 4.78 is 0. The number of hydrogen-bond acceptors (Lipinski definition) is 4. The van der Waals surface area contributed by atoms with Gasteiger partial charge in [-0.2, -0.15) is 5.26 Å². The Bertz CT molecular complexity index is 607. The lowest BCUT2D eigenvalue weighted by Crippen LogP contribution is -2.08. The summed E-state index contributed by atoms with van der Waals surface area (Å²) in [7, 11) is 0. The number of anilines is 1. The summed E-state index contributed by atoms with van der Waals surface area (Å²) in [5, 5.41) is 9.49. The number of fused-ring (bicyclic) bond motifs is 1. The van der Waals surface area contributed by atoms with E-state index in [2.05, 4.69) is 11.1 Å². The molecule has 18 heavy (non-hydrogen) atoms. The van der Waals surface area contributed by atoms with Crippen molar-refractivity contribution in [3.63, 3.8) is 0 Å². The van der Waals surface area contributed by atoms with Crippen molar-refractivity contribution in [3.8, 4) is 6.07 Å². The van der Waals surface area contributed by atoms with Crippen LogP contribution >= 0.6 is 11.3 Å². The molecule has 3 nitrogen and oxygen atoms in total. The second-order valence-electron chi connectivity index (χ2n) is 4.54. The molecule has 0 saturated carbocycles. The van der Waals surface area contributed by atoms with Crippen molar-refractivity contribution in [3.05, 3.63) is 46.0 Å². The Kier molecular flexibility index (Phi) is 2.77. The topological polar surface area (TPSA) is 62.7 Å². The summed E-state index contributed by atoms with van der Waals surface area (Å²) in [5.41, 5.74) is 8.94. The third-order valence-electron chi connectivity index (χ3n) is 3.41. The van der Waals surface area contributed by atoms with Crippen LogP contribution in [0.4, 0.5) is 5.13 Å². The number of rotatable bonds is 1. The van der Waals surface area contributed by atoms with Crippen LogP contribution in [0.15, 0.2) is 24.3 Å². The van der Waals surface area contributed by atoms with Gasteiger partial charge in [-0.15, -0.1) is 11.3 Å². The zero-order valence-corrected chi connectivity index (χ0v) is 10.7. The Morgan fingerprint density at radius 2 is 2.11 bits per heavy atom. The van der Waals surface area contributed by atoms with Crippen LogP contribution in [-0.2, 0) is 6.42 Å². The van der Waals surface area contributed by atoms with Crippen LogP contribution in [0.1, 0.15) is 40.5 Å². The molecular weight excluding hydrogens is 242 g/mol. The zero-order chi connectivity index (χ0) is 12.5. The molecule has 90 valence electrons. The van der Waals surface area contributed by atoms with Crippen LogP contribution < -0.4 is 5.73 Å². The lowest BCUT2D eigenvalue weighted by molar-refractivity contribution is 0.617. The van der Waals surface area contributed by atoms with Gasteiger partial charge in [0.1, 0.15) is 0 Å². The van der Waals surface area contributed by atoms with Gasteiger partial charge in [-0.05, 0) is 37.0 Å². The van der Waals surface area contributed by atoms with E-state index >= 15 is 0 Å². The Morgan fingerprint density at radius 1 is 1.33 bits per heavy atom. The highest BCUT2D eigenvalue weighted by molar-refractivity contribution is 7.15. The summed E-state index contributed by atoms with van der Waals surface area (Å²) in [6.45, 7) is 0. The third-order valence-corrected chi connectivity index (χ3v) is 4.45. The average molecular weight is 255 g/mol. The first-order valence-corrected chi connectivity index (χ1v) is 6.84. The fourth-order valence-corrected chi connectivity index (χ4v) is 3.59. The molecule has 0 saturated heterocycles. The predicted molar refractivity (Wildman–Crippen MR) is 72.5 cm³/mol. The first kappa shape index (κ1) is 11.2. The van der Waals surface area contributed by atoms with Crippen LogP contribution in [0.25, 0.3) is 0 Å². The molecule has 1 aromatic heterocycles. The highest BCUT2D eigenvalue weighted by Crippen LogP contribution is 2.40. The summed E-state index contributed by atoms with van der Waals surface area (Å²) in [6, 6.07) is 10.0. The lowest BCUT2D eigenvalue weighted by Gasteiger charge is -2.21. The van der Waals surface area contributed by atoms with Crippen molar-refractivity contribution < 1.29 is 0 Å². The van der Waals surface area contributed by atoms with Crippen molar-refractivity contribution in [2.75, 3.05) is 5.73 Å². The number of benzene rings is 1. The summed E-state index contributed by atoms with van der Waals surface area (Å²) in [6.07, 6.45) is 3.33. The molecule has 2 aromatic rings. The van der Waals surface area contributed by atoms with Crippen molar-refractivity contribution in [1.82, 2.24) is 4.98 Å². The number of nitrogens with zero attached hydrogens (tertiary/aromatic N) is 2. The van der Waals surface area contributed by atoms with Crippen LogP contribution in [0.2, 0.25) is 0 Å². The van der Waals surface area contributed by atoms with Gasteiger partial charge in [0.15, 0.2) is 5.13 Å². The van der Waals surface area contributed by atoms with E-state index in [1.807, 2.05) is 24.3 Å². The number of nitrogens with two attached hydrogens (primary N) is 1. The van der Waals surface area contributed by atoms with Gasteiger partial charge >= 0.3 is 0 Å². The van der Waals surface area contributed by atoms with E-state index in [9.17, 15) is 0 Å². The standard InChI is InChI=1S/C14H13N3S/c15-8-9-4-6-10(7-5-9)11-2-1-3-12-13(11)18-14(16)17-12/h4-7,11H,1-3H2,(H2,16,17). The molecule has 1 aliphatic carbocycles. The predicted octanol–water partition coefficient (Wildman–Crippen LogP) is 3.07. The maximum Gasteiger partial charge on any atom is 0.180 e. The molecule has 1 atom stereocenters. The number of aromatic nitrogens is 1. The molecule has 4 heteroatoms. The molecule has 2 N–H and O–H groups in total. The molecule has 1 aliphatic rings. The van der Waals surface area contributed by atoms with Crippen molar-refractivity contribution in [2.24, 2.45) is 0 Å². The number of hydrogen-bond donors (Lipinski definition) is 1. The molecule has 1 heterocycles. The molecule has 1 aromatic carbocycles. The van der Waals surface area contributed by atoms with E-state index in [1.165, 1.54) is 10.4 Å². The van der Waals surface area contributed by atoms with Gasteiger partial charge in [-0.1, -0.05) is 12.1 Å². The minimum atomic E-state index is 0.399. The van der Waals surface area contributed by atoms with E-state index in [0.29, 0.717) is 16.6 Å². The second kappa shape index (κ2) is 4.43. The molecule has 3 rings (SSSR count). The van der Waals surface area contributed by atoms with Gasteiger partial charge in [-0.3, -0.25) is 0 Å². The Morgan fingerprint density at radius 3 is 2.83 bits per heavy atom. The second-order valence-corrected chi connectivity index (χ2v) is 5.60. The van der Waals surface area contributed by atoms with Crippen molar-refractivity contribution >= 4 is 16.5 Å². The van der Waals surface area contributed by atoms with Gasteiger partial charge in [-0.25, -0.2) is 4.98 Å². The van der Waals surface area contributed by atoms with Gasteiger partial charge < -0.3 is 5.73 Å². The quantitative estimate of drug-likeness (QED) is 0.851. The first-order valence-electron chi connectivity index (χ1n) is 6.03. The molecular formula is C14H13N3S. The van der Waals surface area contributed by atoms with Crippen molar-refractivity contribution in [2.45, 2.75) is 25.2 Å². The molecule has 0 radical (unpaired) electrons. The molecule has 0 aliphatic heterocycles. The molecule has 0 amide bonds. The number of nitriles is 1. The summed E-state index contributed by atoms with van der Waals surface area (Å²) in [5.74, 6) is 0.399. The lowest BCUT2D eigenvalue weighted by atomic mass is 9.86. The van der Waals surface area contributed by atoms with Gasteiger partial charge in [0.25, 0.3) is 0 Å².